The number of benzene rings is 1. The van der Waals surface area contributed by atoms with E-state index in [9.17, 15) is 9.90 Å². The van der Waals surface area contributed by atoms with Gasteiger partial charge >= 0.3 is 0 Å². The van der Waals surface area contributed by atoms with Crippen molar-refractivity contribution in [1.82, 2.24) is 10.1 Å². The van der Waals surface area contributed by atoms with Crippen LogP contribution in [0.3, 0.4) is 0 Å². The van der Waals surface area contributed by atoms with E-state index in [1.165, 1.54) is 24.5 Å². The summed E-state index contributed by atoms with van der Waals surface area (Å²) in [5.74, 6) is -0.300. The van der Waals surface area contributed by atoms with Crippen LogP contribution in [0.15, 0.2) is 47.3 Å². The molecule has 19 heavy (non-hydrogen) atoms. The molecule has 0 saturated carbocycles. The Kier molecular flexibility index (Phi) is 2.60. The first-order chi connectivity index (χ1) is 9.24. The average Bonchev–Trinajstić information content (AvgIpc) is 2.90. The summed E-state index contributed by atoms with van der Waals surface area (Å²) in [5.41, 5.74) is 0.764. The third-order valence-corrected chi connectivity index (χ3v) is 2.64. The van der Waals surface area contributed by atoms with E-state index < -0.39 is 5.91 Å². The van der Waals surface area contributed by atoms with Crippen molar-refractivity contribution in [3.05, 3.63) is 48.4 Å². The molecule has 94 valence electrons. The quantitative estimate of drug-likeness (QED) is 0.732. The first-order valence-electron chi connectivity index (χ1n) is 5.53. The Balaban J connectivity index is 1.99. The largest absolute Gasteiger partial charge is 0.507 e. The Morgan fingerprint density at radius 2 is 2.21 bits per heavy atom. The van der Waals surface area contributed by atoms with Crippen LogP contribution in [0.2, 0.25) is 0 Å². The SMILES string of the molecule is O=C(Nc1ccon1)c1cc2ncccc2cc1O. The number of amides is 1. The van der Waals surface area contributed by atoms with Crippen molar-refractivity contribution in [3.63, 3.8) is 0 Å². The van der Waals surface area contributed by atoms with Gasteiger partial charge in [-0.1, -0.05) is 11.2 Å². The molecule has 2 aromatic heterocycles. The predicted octanol–water partition coefficient (Wildman–Crippen LogP) is 2.18. The van der Waals surface area contributed by atoms with Gasteiger partial charge in [0.1, 0.15) is 12.0 Å². The van der Waals surface area contributed by atoms with E-state index >= 15 is 0 Å². The van der Waals surface area contributed by atoms with Crippen LogP contribution in [0.1, 0.15) is 10.4 Å². The van der Waals surface area contributed by atoms with Crippen molar-refractivity contribution >= 4 is 22.6 Å². The minimum atomic E-state index is -0.473. The number of rotatable bonds is 2. The third kappa shape index (κ3) is 2.11. The Morgan fingerprint density at radius 1 is 1.32 bits per heavy atom. The van der Waals surface area contributed by atoms with Crippen LogP contribution in [-0.2, 0) is 0 Å². The van der Waals surface area contributed by atoms with E-state index in [1.807, 2.05) is 0 Å². The number of carbonyl (C=O) groups excluding carboxylic acids is 1. The highest BCUT2D eigenvalue weighted by molar-refractivity contribution is 6.07. The Labute approximate surface area is 107 Å². The molecule has 0 atom stereocenters. The van der Waals surface area contributed by atoms with Crippen molar-refractivity contribution < 1.29 is 14.4 Å². The molecule has 0 unspecified atom stereocenters. The number of hydrogen-bond acceptors (Lipinski definition) is 5. The molecular weight excluding hydrogens is 246 g/mol. The van der Waals surface area contributed by atoms with E-state index in [0.29, 0.717) is 5.52 Å². The molecule has 0 aliphatic carbocycles. The molecule has 2 heterocycles. The first kappa shape index (κ1) is 11.2. The predicted molar refractivity (Wildman–Crippen MR) is 67.9 cm³/mol. The summed E-state index contributed by atoms with van der Waals surface area (Å²) in [6, 6.07) is 8.10. The van der Waals surface area contributed by atoms with Crippen LogP contribution in [0.5, 0.6) is 5.75 Å². The molecule has 0 aliphatic rings. The van der Waals surface area contributed by atoms with Crippen LogP contribution in [0.4, 0.5) is 5.82 Å². The number of pyridine rings is 1. The van der Waals surface area contributed by atoms with Gasteiger partial charge in [0.2, 0.25) is 0 Å². The zero-order valence-electron chi connectivity index (χ0n) is 9.70. The lowest BCUT2D eigenvalue weighted by Gasteiger charge is -2.05. The molecule has 3 aromatic rings. The Morgan fingerprint density at radius 3 is 3.00 bits per heavy atom. The van der Waals surface area contributed by atoms with Crippen molar-refractivity contribution in [2.75, 3.05) is 5.32 Å². The molecule has 1 aromatic carbocycles. The maximum atomic E-state index is 12.0. The highest BCUT2D eigenvalue weighted by Crippen LogP contribution is 2.24. The lowest BCUT2D eigenvalue weighted by Crippen LogP contribution is -2.12. The first-order valence-corrected chi connectivity index (χ1v) is 5.53. The summed E-state index contributed by atoms with van der Waals surface area (Å²) in [6.07, 6.45) is 2.97. The van der Waals surface area contributed by atoms with Gasteiger partial charge < -0.3 is 14.9 Å². The topological polar surface area (TPSA) is 88.3 Å². The highest BCUT2D eigenvalue weighted by Gasteiger charge is 2.14. The van der Waals surface area contributed by atoms with Gasteiger partial charge in [-0.2, -0.15) is 0 Å². The summed E-state index contributed by atoms with van der Waals surface area (Å²) >= 11 is 0. The van der Waals surface area contributed by atoms with Gasteiger partial charge in [-0.25, -0.2) is 0 Å². The monoisotopic (exact) mass is 255 g/mol. The smallest absolute Gasteiger partial charge is 0.260 e. The maximum Gasteiger partial charge on any atom is 0.260 e. The molecule has 3 rings (SSSR count). The van der Waals surface area contributed by atoms with Crippen molar-refractivity contribution in [3.8, 4) is 5.75 Å². The Bertz CT molecular complexity index is 738. The molecule has 0 radical (unpaired) electrons. The maximum absolute atomic E-state index is 12.0. The summed E-state index contributed by atoms with van der Waals surface area (Å²) in [5, 5.41) is 16.7. The number of anilines is 1. The molecule has 2 N–H and O–H groups in total. The summed E-state index contributed by atoms with van der Waals surface area (Å²) in [6.45, 7) is 0. The zero-order chi connectivity index (χ0) is 13.2. The molecule has 0 bridgehead atoms. The van der Waals surface area contributed by atoms with Crippen LogP contribution in [0, 0.1) is 0 Å². The number of carbonyl (C=O) groups is 1. The number of nitrogens with zero attached hydrogens (tertiary/aromatic N) is 2. The van der Waals surface area contributed by atoms with Crippen LogP contribution in [-0.4, -0.2) is 21.2 Å². The molecule has 0 aliphatic heterocycles. The molecular formula is C13H9N3O3. The van der Waals surface area contributed by atoms with Crippen molar-refractivity contribution in [2.24, 2.45) is 0 Å². The second kappa shape index (κ2) is 4.41. The molecule has 0 spiro atoms. The van der Waals surface area contributed by atoms with Crippen molar-refractivity contribution in [1.29, 1.82) is 0 Å². The normalized spacial score (nSPS) is 10.5. The number of fused-ring (bicyclic) bond motifs is 1. The van der Waals surface area contributed by atoms with E-state index in [4.69, 9.17) is 0 Å². The van der Waals surface area contributed by atoms with Crippen LogP contribution < -0.4 is 5.32 Å². The molecule has 0 saturated heterocycles. The number of nitrogens with one attached hydrogen (secondary N) is 1. The minimum Gasteiger partial charge on any atom is -0.507 e. The summed E-state index contributed by atoms with van der Waals surface area (Å²) in [4.78, 5) is 16.1. The molecule has 0 fully saturated rings. The number of aromatic hydroxyl groups is 1. The van der Waals surface area contributed by atoms with E-state index in [0.717, 1.165) is 5.39 Å². The van der Waals surface area contributed by atoms with Gasteiger partial charge in [0, 0.05) is 17.6 Å². The molecule has 6 heteroatoms. The number of phenolic OH excluding ortho intramolecular Hbond substituents is 1. The summed E-state index contributed by atoms with van der Waals surface area (Å²) in [7, 11) is 0. The minimum absolute atomic E-state index is 0.110. The lowest BCUT2D eigenvalue weighted by atomic mass is 10.1. The standard InChI is InChI=1S/C13H9N3O3/c17-11-6-8-2-1-4-14-10(8)7-9(11)13(18)15-12-3-5-19-16-12/h1-7,17H,(H,15,16,18). The van der Waals surface area contributed by atoms with E-state index in [-0.39, 0.29) is 17.1 Å². The van der Waals surface area contributed by atoms with Gasteiger partial charge in [-0.3, -0.25) is 9.78 Å². The Hall–Kier alpha value is -2.89. The highest BCUT2D eigenvalue weighted by atomic mass is 16.5. The van der Waals surface area contributed by atoms with E-state index in [1.54, 1.807) is 18.3 Å². The fourth-order valence-corrected chi connectivity index (χ4v) is 1.75. The third-order valence-electron chi connectivity index (χ3n) is 2.64. The van der Waals surface area contributed by atoms with Gasteiger partial charge in [-0.15, -0.1) is 0 Å². The summed E-state index contributed by atoms with van der Waals surface area (Å²) < 4.78 is 4.61. The van der Waals surface area contributed by atoms with Crippen LogP contribution in [0.25, 0.3) is 10.9 Å². The van der Waals surface area contributed by atoms with Gasteiger partial charge in [0.05, 0.1) is 11.1 Å². The van der Waals surface area contributed by atoms with Gasteiger partial charge in [0.25, 0.3) is 5.91 Å². The molecule has 6 nitrogen and oxygen atoms in total. The number of hydrogen-bond donors (Lipinski definition) is 2. The van der Waals surface area contributed by atoms with Gasteiger partial charge in [-0.05, 0) is 18.2 Å². The zero-order valence-corrected chi connectivity index (χ0v) is 9.70. The van der Waals surface area contributed by atoms with E-state index in [2.05, 4.69) is 20.0 Å². The second-order valence-corrected chi connectivity index (χ2v) is 3.90. The fourth-order valence-electron chi connectivity index (χ4n) is 1.75. The average molecular weight is 255 g/mol. The molecule has 1 amide bonds. The lowest BCUT2D eigenvalue weighted by molar-refractivity contribution is 0.102. The van der Waals surface area contributed by atoms with Crippen LogP contribution >= 0.6 is 0 Å². The number of phenols is 1. The fraction of sp³-hybridized carbons (Fsp3) is 0. The van der Waals surface area contributed by atoms with Gasteiger partial charge in [0.15, 0.2) is 5.82 Å². The second-order valence-electron chi connectivity index (χ2n) is 3.90. The van der Waals surface area contributed by atoms with Crippen molar-refractivity contribution in [2.45, 2.75) is 0 Å². The number of aromatic nitrogens is 2.